The summed E-state index contributed by atoms with van der Waals surface area (Å²) in [6.07, 6.45) is 0. The van der Waals surface area contributed by atoms with Crippen LogP contribution >= 0.6 is 0 Å². The van der Waals surface area contributed by atoms with Crippen molar-refractivity contribution in [2.45, 2.75) is 12.8 Å². The number of amides is 1. The van der Waals surface area contributed by atoms with Gasteiger partial charge in [-0.25, -0.2) is 0 Å². The molecule has 22 heavy (non-hydrogen) atoms. The lowest BCUT2D eigenvalue weighted by Crippen LogP contribution is -2.22. The van der Waals surface area contributed by atoms with Gasteiger partial charge >= 0.3 is 6.01 Å². The third kappa shape index (κ3) is 3.03. The topological polar surface area (TPSA) is 68.0 Å². The molecule has 5 nitrogen and oxygen atoms in total. The van der Waals surface area contributed by atoms with Gasteiger partial charge in [0.1, 0.15) is 0 Å². The van der Waals surface area contributed by atoms with Crippen molar-refractivity contribution < 1.29 is 9.32 Å². The minimum atomic E-state index is -0.436. The van der Waals surface area contributed by atoms with Crippen LogP contribution < -0.4 is 5.32 Å². The molecule has 1 N–H and O–H groups in total. The molecule has 0 unspecified atom stereocenters. The minimum Gasteiger partial charge on any atom is -0.315 e. The van der Waals surface area contributed by atoms with Crippen LogP contribution in [0, 0.1) is 6.92 Å². The van der Waals surface area contributed by atoms with Crippen LogP contribution in [0.15, 0.2) is 65.2 Å². The lowest BCUT2D eigenvalue weighted by molar-refractivity contribution is -0.116. The number of benzene rings is 2. The summed E-state index contributed by atoms with van der Waals surface area (Å²) in [4.78, 5) is 16.7. The largest absolute Gasteiger partial charge is 0.328 e. The zero-order chi connectivity index (χ0) is 15.4. The average Bonchev–Trinajstić information content (AvgIpc) is 2.95. The molecule has 110 valence electrons. The number of anilines is 1. The summed E-state index contributed by atoms with van der Waals surface area (Å²) in [6.45, 7) is 1.70. The van der Waals surface area contributed by atoms with E-state index in [4.69, 9.17) is 4.52 Å². The highest BCUT2D eigenvalue weighted by atomic mass is 16.5. The molecule has 1 aromatic heterocycles. The second-order valence-corrected chi connectivity index (χ2v) is 4.89. The predicted octanol–water partition coefficient (Wildman–Crippen LogP) is 3.15. The summed E-state index contributed by atoms with van der Waals surface area (Å²) in [5.74, 6) is -0.165. The third-order valence-corrected chi connectivity index (χ3v) is 3.29. The van der Waals surface area contributed by atoms with E-state index < -0.39 is 5.92 Å². The van der Waals surface area contributed by atoms with Gasteiger partial charge in [-0.2, -0.15) is 4.98 Å². The number of nitrogens with one attached hydrogen (secondary N) is 1. The Hall–Kier alpha value is -2.95. The first-order valence-electron chi connectivity index (χ1n) is 6.95. The van der Waals surface area contributed by atoms with Crippen molar-refractivity contribution in [3.05, 3.63) is 77.6 Å². The number of carbonyl (C=O) groups is 1. The van der Waals surface area contributed by atoms with Crippen molar-refractivity contribution in [3.8, 4) is 0 Å². The Balaban J connectivity index is 1.93. The van der Waals surface area contributed by atoms with E-state index in [0.717, 1.165) is 11.1 Å². The summed E-state index contributed by atoms with van der Waals surface area (Å²) in [7, 11) is 0. The molecule has 0 aliphatic rings. The Morgan fingerprint density at radius 1 is 1.00 bits per heavy atom. The average molecular weight is 293 g/mol. The Kier molecular flexibility index (Phi) is 3.96. The molecule has 0 saturated heterocycles. The maximum atomic E-state index is 12.7. The van der Waals surface area contributed by atoms with Gasteiger partial charge in [0.25, 0.3) is 0 Å². The fourth-order valence-corrected chi connectivity index (χ4v) is 2.31. The molecule has 1 heterocycles. The van der Waals surface area contributed by atoms with Gasteiger partial charge in [0.15, 0.2) is 5.82 Å². The summed E-state index contributed by atoms with van der Waals surface area (Å²) in [5, 5.41) is 6.35. The van der Waals surface area contributed by atoms with Gasteiger partial charge in [-0.15, -0.1) is 0 Å². The van der Waals surface area contributed by atoms with Gasteiger partial charge in [-0.05, 0) is 18.1 Å². The van der Waals surface area contributed by atoms with Gasteiger partial charge in [0.2, 0.25) is 5.91 Å². The smallest absolute Gasteiger partial charge is 0.315 e. The molecule has 0 radical (unpaired) electrons. The molecule has 3 rings (SSSR count). The van der Waals surface area contributed by atoms with Crippen molar-refractivity contribution in [2.75, 3.05) is 5.32 Å². The maximum absolute atomic E-state index is 12.7. The molecule has 0 bridgehead atoms. The summed E-state index contributed by atoms with van der Waals surface area (Å²) < 4.78 is 4.96. The summed E-state index contributed by atoms with van der Waals surface area (Å²) in [5.41, 5.74) is 1.81. The molecule has 0 spiro atoms. The van der Waals surface area contributed by atoms with E-state index in [2.05, 4.69) is 15.5 Å². The Labute approximate surface area is 128 Å². The molecule has 3 aromatic rings. The monoisotopic (exact) mass is 293 g/mol. The van der Waals surface area contributed by atoms with Crippen LogP contribution in [0.1, 0.15) is 22.9 Å². The van der Waals surface area contributed by atoms with E-state index in [1.807, 2.05) is 60.7 Å². The Morgan fingerprint density at radius 3 is 2.00 bits per heavy atom. The number of hydrogen-bond acceptors (Lipinski definition) is 4. The molecule has 0 fully saturated rings. The van der Waals surface area contributed by atoms with Crippen LogP contribution in [-0.4, -0.2) is 16.0 Å². The van der Waals surface area contributed by atoms with Gasteiger partial charge in [-0.3, -0.25) is 10.1 Å². The van der Waals surface area contributed by atoms with Crippen LogP contribution in [0.4, 0.5) is 6.01 Å². The Morgan fingerprint density at radius 2 is 1.55 bits per heavy atom. The number of aryl methyl sites for hydroxylation is 1. The van der Waals surface area contributed by atoms with Crippen molar-refractivity contribution in [2.24, 2.45) is 0 Å². The zero-order valence-electron chi connectivity index (χ0n) is 12.1. The first kappa shape index (κ1) is 14.0. The van der Waals surface area contributed by atoms with Crippen LogP contribution in [0.3, 0.4) is 0 Å². The first-order chi connectivity index (χ1) is 10.7. The molecule has 5 heteroatoms. The fraction of sp³-hybridized carbons (Fsp3) is 0.118. The van der Waals surface area contributed by atoms with E-state index in [9.17, 15) is 4.79 Å². The number of rotatable bonds is 4. The molecule has 0 aliphatic heterocycles. The van der Waals surface area contributed by atoms with Crippen LogP contribution in [-0.2, 0) is 4.79 Å². The second kappa shape index (κ2) is 6.22. The normalized spacial score (nSPS) is 10.6. The van der Waals surface area contributed by atoms with E-state index >= 15 is 0 Å². The lowest BCUT2D eigenvalue weighted by atomic mass is 9.90. The standard InChI is InChI=1S/C17H15N3O2/c1-12-18-17(22-20-12)19-16(21)15(13-8-4-2-5-9-13)14-10-6-3-7-11-14/h2-11,15H,1H3,(H,18,19,20,21). The van der Waals surface area contributed by atoms with Gasteiger partial charge < -0.3 is 4.52 Å². The molecule has 1 amide bonds. The SMILES string of the molecule is Cc1noc(NC(=O)C(c2ccccc2)c2ccccc2)n1. The Bertz CT molecular complexity index is 714. The van der Waals surface area contributed by atoms with Gasteiger partial charge in [-0.1, -0.05) is 65.8 Å². The van der Waals surface area contributed by atoms with Crippen molar-refractivity contribution in [1.29, 1.82) is 0 Å². The molecule has 0 atom stereocenters. The summed E-state index contributed by atoms with van der Waals surface area (Å²) >= 11 is 0. The van der Waals surface area contributed by atoms with Gasteiger partial charge in [0.05, 0.1) is 5.92 Å². The van der Waals surface area contributed by atoms with Crippen molar-refractivity contribution >= 4 is 11.9 Å². The maximum Gasteiger partial charge on any atom is 0.328 e. The molecule has 2 aromatic carbocycles. The second-order valence-electron chi connectivity index (χ2n) is 4.89. The molecule has 0 aliphatic carbocycles. The van der Waals surface area contributed by atoms with E-state index in [-0.39, 0.29) is 11.9 Å². The summed E-state index contributed by atoms with van der Waals surface area (Å²) in [6, 6.07) is 19.3. The number of hydrogen-bond donors (Lipinski definition) is 1. The van der Waals surface area contributed by atoms with Crippen molar-refractivity contribution in [3.63, 3.8) is 0 Å². The highest BCUT2D eigenvalue weighted by molar-refractivity contribution is 5.96. The van der Waals surface area contributed by atoms with Gasteiger partial charge in [0, 0.05) is 0 Å². The quantitative estimate of drug-likeness (QED) is 0.802. The number of nitrogens with zero attached hydrogens (tertiary/aromatic N) is 2. The highest BCUT2D eigenvalue weighted by Crippen LogP contribution is 2.25. The van der Waals surface area contributed by atoms with Crippen LogP contribution in [0.25, 0.3) is 0 Å². The van der Waals surface area contributed by atoms with E-state index in [1.54, 1.807) is 6.92 Å². The van der Waals surface area contributed by atoms with Crippen LogP contribution in [0.2, 0.25) is 0 Å². The third-order valence-electron chi connectivity index (χ3n) is 3.29. The minimum absolute atomic E-state index is 0.111. The molecular formula is C17H15N3O2. The lowest BCUT2D eigenvalue weighted by Gasteiger charge is -2.16. The predicted molar refractivity (Wildman–Crippen MR) is 82.4 cm³/mol. The number of carbonyl (C=O) groups excluding carboxylic acids is 1. The molecule has 0 saturated carbocycles. The fourth-order valence-electron chi connectivity index (χ4n) is 2.31. The van der Waals surface area contributed by atoms with E-state index in [1.165, 1.54) is 0 Å². The van der Waals surface area contributed by atoms with E-state index in [0.29, 0.717) is 5.82 Å². The zero-order valence-corrected chi connectivity index (χ0v) is 12.1. The first-order valence-corrected chi connectivity index (χ1v) is 6.95. The van der Waals surface area contributed by atoms with Crippen LogP contribution in [0.5, 0.6) is 0 Å². The molecular weight excluding hydrogens is 278 g/mol. The van der Waals surface area contributed by atoms with Crippen molar-refractivity contribution in [1.82, 2.24) is 10.1 Å². The highest BCUT2D eigenvalue weighted by Gasteiger charge is 2.24. The number of aromatic nitrogens is 2.